The highest BCUT2D eigenvalue weighted by molar-refractivity contribution is 7.98. The summed E-state index contributed by atoms with van der Waals surface area (Å²) in [6.07, 6.45) is 3.65. The normalized spacial score (nSPS) is 16.0. The van der Waals surface area contributed by atoms with Crippen LogP contribution in [-0.4, -0.2) is 46.8 Å². The van der Waals surface area contributed by atoms with Crippen LogP contribution < -0.4 is 15.5 Å². The van der Waals surface area contributed by atoms with E-state index in [4.69, 9.17) is 9.47 Å². The average Bonchev–Trinajstić information content (AvgIpc) is 3.19. The minimum Gasteiger partial charge on any atom is -0.491 e. The SMILES string of the molecule is COc1cn(CC(=O)NC[C@H]2CCCO2)c(CSc2nc(C)cc(C)n2)cc1=O. The number of pyridine rings is 1. The summed E-state index contributed by atoms with van der Waals surface area (Å²) in [6.45, 7) is 5.17. The number of ether oxygens (including phenoxy) is 2. The van der Waals surface area contributed by atoms with Crippen LogP contribution in [0.15, 0.2) is 28.3 Å². The van der Waals surface area contributed by atoms with Crippen LogP contribution in [0, 0.1) is 13.8 Å². The van der Waals surface area contributed by atoms with Gasteiger partial charge in [0.2, 0.25) is 11.3 Å². The zero-order valence-electron chi connectivity index (χ0n) is 16.9. The van der Waals surface area contributed by atoms with E-state index >= 15 is 0 Å². The maximum atomic E-state index is 12.4. The second kappa shape index (κ2) is 9.89. The third-order valence-electron chi connectivity index (χ3n) is 4.58. The molecule has 2 aromatic heterocycles. The van der Waals surface area contributed by atoms with Gasteiger partial charge >= 0.3 is 0 Å². The van der Waals surface area contributed by atoms with Crippen molar-refractivity contribution in [2.45, 2.75) is 50.2 Å². The summed E-state index contributed by atoms with van der Waals surface area (Å²) in [7, 11) is 1.44. The number of thioether (sulfide) groups is 1. The number of carbonyl (C=O) groups is 1. The summed E-state index contributed by atoms with van der Waals surface area (Å²) in [6, 6.07) is 3.41. The second-order valence-corrected chi connectivity index (χ2v) is 7.93. The van der Waals surface area contributed by atoms with Gasteiger partial charge in [-0.3, -0.25) is 9.59 Å². The lowest BCUT2D eigenvalue weighted by Gasteiger charge is -2.16. The molecular weight excluding hydrogens is 392 g/mol. The van der Waals surface area contributed by atoms with Crippen LogP contribution in [0.3, 0.4) is 0 Å². The second-order valence-electron chi connectivity index (χ2n) is 6.99. The Morgan fingerprint density at radius 1 is 1.34 bits per heavy atom. The van der Waals surface area contributed by atoms with E-state index in [1.165, 1.54) is 24.9 Å². The molecule has 1 saturated heterocycles. The van der Waals surface area contributed by atoms with Gasteiger partial charge in [0.25, 0.3) is 0 Å². The highest BCUT2D eigenvalue weighted by Crippen LogP contribution is 2.20. The number of aromatic nitrogens is 3. The molecule has 3 rings (SSSR count). The molecule has 0 aliphatic carbocycles. The van der Waals surface area contributed by atoms with Crippen molar-refractivity contribution < 1.29 is 14.3 Å². The number of hydrogen-bond acceptors (Lipinski definition) is 7. The topological polar surface area (TPSA) is 95.3 Å². The number of nitrogens with one attached hydrogen (secondary N) is 1. The minimum atomic E-state index is -0.222. The summed E-state index contributed by atoms with van der Waals surface area (Å²) < 4.78 is 12.4. The molecule has 0 saturated carbocycles. The van der Waals surface area contributed by atoms with Crippen LogP contribution in [0.2, 0.25) is 0 Å². The molecule has 8 nitrogen and oxygen atoms in total. The predicted octanol–water partition coefficient (Wildman–Crippen LogP) is 1.85. The molecule has 2 aromatic rings. The summed E-state index contributed by atoms with van der Waals surface area (Å²) in [4.78, 5) is 33.5. The van der Waals surface area contributed by atoms with Crippen molar-refractivity contribution in [1.29, 1.82) is 0 Å². The lowest BCUT2D eigenvalue weighted by molar-refractivity contribution is -0.122. The fourth-order valence-electron chi connectivity index (χ4n) is 3.16. The molecule has 0 radical (unpaired) electrons. The molecule has 1 aliphatic rings. The molecule has 1 N–H and O–H groups in total. The molecule has 0 unspecified atom stereocenters. The molecule has 3 heterocycles. The molecule has 29 heavy (non-hydrogen) atoms. The van der Waals surface area contributed by atoms with Crippen molar-refractivity contribution in [2.24, 2.45) is 0 Å². The first-order valence-corrected chi connectivity index (χ1v) is 10.5. The smallest absolute Gasteiger partial charge is 0.240 e. The summed E-state index contributed by atoms with van der Waals surface area (Å²) >= 11 is 1.42. The number of amides is 1. The van der Waals surface area contributed by atoms with Crippen molar-refractivity contribution in [3.05, 3.63) is 45.6 Å². The zero-order chi connectivity index (χ0) is 20.8. The Morgan fingerprint density at radius 3 is 2.76 bits per heavy atom. The fourth-order valence-corrected chi connectivity index (χ4v) is 4.10. The van der Waals surface area contributed by atoms with Gasteiger partial charge < -0.3 is 19.4 Å². The predicted molar refractivity (Wildman–Crippen MR) is 110 cm³/mol. The molecule has 1 fully saturated rings. The maximum Gasteiger partial charge on any atom is 0.240 e. The van der Waals surface area contributed by atoms with Crippen molar-refractivity contribution in [3.8, 4) is 5.75 Å². The van der Waals surface area contributed by atoms with E-state index in [2.05, 4.69) is 15.3 Å². The molecule has 0 bridgehead atoms. The molecule has 0 spiro atoms. The van der Waals surface area contributed by atoms with E-state index in [0.29, 0.717) is 23.1 Å². The van der Waals surface area contributed by atoms with Crippen LogP contribution in [0.1, 0.15) is 29.9 Å². The highest BCUT2D eigenvalue weighted by atomic mass is 32.2. The number of rotatable bonds is 8. The van der Waals surface area contributed by atoms with Gasteiger partial charge in [0.05, 0.1) is 19.4 Å². The first-order valence-electron chi connectivity index (χ1n) is 9.55. The van der Waals surface area contributed by atoms with Crippen LogP contribution in [0.4, 0.5) is 0 Å². The molecule has 9 heteroatoms. The Hall–Kier alpha value is -2.39. The first kappa shape index (κ1) is 21.3. The van der Waals surface area contributed by atoms with Gasteiger partial charge in [-0.15, -0.1) is 0 Å². The van der Waals surface area contributed by atoms with Crippen molar-refractivity contribution >= 4 is 17.7 Å². The van der Waals surface area contributed by atoms with Crippen molar-refractivity contribution in [3.63, 3.8) is 0 Å². The monoisotopic (exact) mass is 418 g/mol. The molecule has 1 amide bonds. The lowest BCUT2D eigenvalue weighted by atomic mass is 10.2. The van der Waals surface area contributed by atoms with Crippen LogP contribution in [0.5, 0.6) is 5.75 Å². The Labute approximate surface area is 174 Å². The van der Waals surface area contributed by atoms with E-state index in [1.54, 1.807) is 10.8 Å². The number of aryl methyl sites for hydroxylation is 2. The van der Waals surface area contributed by atoms with Gasteiger partial charge in [-0.25, -0.2) is 9.97 Å². The Kier molecular flexibility index (Phi) is 7.27. The van der Waals surface area contributed by atoms with E-state index < -0.39 is 0 Å². The number of carbonyl (C=O) groups excluding carboxylic acids is 1. The first-order chi connectivity index (χ1) is 13.9. The van der Waals surface area contributed by atoms with Gasteiger partial charge in [0.15, 0.2) is 10.9 Å². The Balaban J connectivity index is 1.72. The Morgan fingerprint density at radius 2 is 2.10 bits per heavy atom. The van der Waals surface area contributed by atoms with Crippen LogP contribution in [-0.2, 0) is 21.8 Å². The van der Waals surface area contributed by atoms with Gasteiger partial charge in [0.1, 0.15) is 6.54 Å². The number of nitrogens with zero attached hydrogens (tertiary/aromatic N) is 3. The van der Waals surface area contributed by atoms with E-state index in [-0.39, 0.29) is 29.7 Å². The minimum absolute atomic E-state index is 0.0826. The third kappa shape index (κ3) is 6.04. The van der Waals surface area contributed by atoms with Gasteiger partial charge in [-0.2, -0.15) is 0 Å². The summed E-state index contributed by atoms with van der Waals surface area (Å²) in [5.41, 5.74) is 2.26. The molecular formula is C20H26N4O4S. The fraction of sp³-hybridized carbons (Fsp3) is 0.500. The zero-order valence-corrected chi connectivity index (χ0v) is 17.8. The standard InChI is InChI=1S/C20H26N4O4S/c1-13-7-14(2)23-20(22-13)29-12-15-8-17(25)18(27-3)10-24(15)11-19(26)21-9-16-5-4-6-28-16/h7-8,10,16H,4-6,9,11-12H2,1-3H3,(H,21,26)/t16-/m1/s1. The maximum absolute atomic E-state index is 12.4. The molecule has 0 aromatic carbocycles. The van der Waals surface area contributed by atoms with E-state index in [0.717, 1.165) is 30.8 Å². The van der Waals surface area contributed by atoms with Gasteiger partial charge in [-0.1, -0.05) is 11.8 Å². The Bertz CT molecular complexity index is 905. The van der Waals surface area contributed by atoms with Crippen LogP contribution >= 0.6 is 11.8 Å². The molecule has 156 valence electrons. The quantitative estimate of drug-likeness (QED) is 0.516. The van der Waals surface area contributed by atoms with Gasteiger partial charge in [0, 0.05) is 42.1 Å². The van der Waals surface area contributed by atoms with E-state index in [1.807, 2.05) is 19.9 Å². The third-order valence-corrected chi connectivity index (χ3v) is 5.46. The van der Waals surface area contributed by atoms with Gasteiger partial charge in [-0.05, 0) is 32.8 Å². The summed E-state index contributed by atoms with van der Waals surface area (Å²) in [5.74, 6) is 0.523. The van der Waals surface area contributed by atoms with Crippen LogP contribution in [0.25, 0.3) is 0 Å². The average molecular weight is 419 g/mol. The largest absolute Gasteiger partial charge is 0.491 e. The molecule has 1 atom stereocenters. The summed E-state index contributed by atoms with van der Waals surface area (Å²) in [5, 5.41) is 3.54. The van der Waals surface area contributed by atoms with Crippen molar-refractivity contribution in [2.75, 3.05) is 20.3 Å². The molecule has 1 aliphatic heterocycles. The van der Waals surface area contributed by atoms with Crippen molar-refractivity contribution in [1.82, 2.24) is 19.9 Å². The van der Waals surface area contributed by atoms with E-state index in [9.17, 15) is 9.59 Å². The number of hydrogen-bond donors (Lipinski definition) is 1. The lowest BCUT2D eigenvalue weighted by Crippen LogP contribution is -2.34. The highest BCUT2D eigenvalue weighted by Gasteiger charge is 2.17. The number of methoxy groups -OCH3 is 1.